The third kappa shape index (κ3) is 3.59. The molecule has 1 aliphatic carbocycles. The summed E-state index contributed by atoms with van der Waals surface area (Å²) >= 11 is 3.49. The van der Waals surface area contributed by atoms with Crippen molar-refractivity contribution in [3.63, 3.8) is 0 Å². The van der Waals surface area contributed by atoms with Gasteiger partial charge in [-0.2, -0.15) is 0 Å². The number of methoxy groups -OCH3 is 1. The molecule has 1 atom stereocenters. The van der Waals surface area contributed by atoms with E-state index in [2.05, 4.69) is 60.4 Å². The zero-order valence-corrected chi connectivity index (χ0v) is 16.7. The fourth-order valence-electron chi connectivity index (χ4n) is 2.88. The average molecular weight is 391 g/mol. The number of carbonyl (C=O) groups excluding carboxylic acids is 1. The molecule has 0 heterocycles. The highest BCUT2D eigenvalue weighted by Crippen LogP contribution is 2.41. The summed E-state index contributed by atoms with van der Waals surface area (Å²) in [4.78, 5) is 12.6. The maximum Gasteiger partial charge on any atom is 0.191 e. The van der Waals surface area contributed by atoms with Gasteiger partial charge in [0.2, 0.25) is 0 Å². The number of halogens is 1. The number of allylic oxidation sites excluding steroid dienone is 5. The average Bonchev–Trinajstić information content (AvgIpc) is 2.50. The van der Waals surface area contributed by atoms with Crippen molar-refractivity contribution in [2.24, 2.45) is 0 Å². The second kappa shape index (κ2) is 6.61. The zero-order valence-electron chi connectivity index (χ0n) is 14.2. The molecule has 4 heteroatoms. The summed E-state index contributed by atoms with van der Waals surface area (Å²) < 4.78 is 5.90. The maximum atomic E-state index is 12.6. The largest absolute Gasteiger partial charge is 0.497 e. The van der Waals surface area contributed by atoms with Gasteiger partial charge in [-0.1, -0.05) is 50.0 Å². The van der Waals surface area contributed by atoms with Gasteiger partial charge in [0.05, 0.1) is 19.7 Å². The predicted octanol–water partition coefficient (Wildman–Crippen LogP) is 5.17. The molecule has 2 nitrogen and oxygen atoms in total. The van der Waals surface area contributed by atoms with Gasteiger partial charge in [-0.05, 0) is 45.2 Å². The molecule has 1 aromatic carbocycles. The van der Waals surface area contributed by atoms with Crippen LogP contribution < -0.4 is 4.74 Å². The minimum absolute atomic E-state index is 0.123. The first kappa shape index (κ1) is 18.0. The number of carbonyl (C=O) groups is 1. The molecule has 0 N–H and O–H groups in total. The highest BCUT2D eigenvalue weighted by atomic mass is 79.9. The highest BCUT2D eigenvalue weighted by molar-refractivity contribution is 9.12. The van der Waals surface area contributed by atoms with Gasteiger partial charge in [0.1, 0.15) is 5.75 Å². The summed E-state index contributed by atoms with van der Waals surface area (Å²) in [5.74, 6) is 0.948. The Morgan fingerprint density at radius 1 is 1.22 bits per heavy atom. The van der Waals surface area contributed by atoms with Crippen LogP contribution in [0.5, 0.6) is 5.75 Å². The van der Waals surface area contributed by atoms with Crippen molar-refractivity contribution >= 4 is 29.8 Å². The van der Waals surface area contributed by atoms with Gasteiger partial charge in [0.15, 0.2) is 5.78 Å². The SMILES string of the molecule is C=CCC1(c2ccc(OC)cc2)C=C(Br)C(=O)C([Si](C)(C)C)=C1. The summed E-state index contributed by atoms with van der Waals surface area (Å²) in [6.07, 6.45) is 6.84. The molecule has 0 radical (unpaired) electrons. The van der Waals surface area contributed by atoms with Crippen LogP contribution in [-0.2, 0) is 10.2 Å². The van der Waals surface area contributed by atoms with Crippen LogP contribution in [0.4, 0.5) is 0 Å². The van der Waals surface area contributed by atoms with Gasteiger partial charge in [-0.25, -0.2) is 0 Å². The number of hydrogen-bond acceptors (Lipinski definition) is 2. The number of Topliss-reactive ketones (excluding diaryl/α,β-unsaturated/α-hetero) is 1. The van der Waals surface area contributed by atoms with Crippen molar-refractivity contribution in [3.05, 3.63) is 64.3 Å². The zero-order chi connectivity index (χ0) is 17.3. The van der Waals surface area contributed by atoms with Crippen molar-refractivity contribution in [1.29, 1.82) is 0 Å². The molecule has 122 valence electrons. The molecular weight excluding hydrogens is 368 g/mol. The Hall–Kier alpha value is -1.39. The molecule has 2 rings (SSSR count). The molecular formula is C19H23BrO2Si. The number of rotatable bonds is 5. The molecule has 0 fully saturated rings. The molecule has 1 aromatic rings. The van der Waals surface area contributed by atoms with E-state index in [4.69, 9.17) is 4.74 Å². The second-order valence-electron chi connectivity index (χ2n) is 6.89. The number of ketones is 1. The van der Waals surface area contributed by atoms with Gasteiger partial charge >= 0.3 is 0 Å². The van der Waals surface area contributed by atoms with E-state index in [-0.39, 0.29) is 11.2 Å². The van der Waals surface area contributed by atoms with Crippen molar-refractivity contribution < 1.29 is 9.53 Å². The highest BCUT2D eigenvalue weighted by Gasteiger charge is 2.38. The van der Waals surface area contributed by atoms with Crippen LogP contribution in [0.15, 0.2) is 58.8 Å². The lowest BCUT2D eigenvalue weighted by atomic mass is 9.75. The Morgan fingerprint density at radius 2 is 1.83 bits per heavy atom. The molecule has 0 saturated carbocycles. The molecule has 0 aliphatic heterocycles. The van der Waals surface area contributed by atoms with E-state index in [1.54, 1.807) is 7.11 Å². The fourth-order valence-corrected chi connectivity index (χ4v) is 5.20. The van der Waals surface area contributed by atoms with E-state index in [0.717, 1.165) is 22.9 Å². The number of benzene rings is 1. The van der Waals surface area contributed by atoms with Crippen LogP contribution in [0.3, 0.4) is 0 Å². The summed E-state index contributed by atoms with van der Waals surface area (Å²) in [5, 5.41) is 0.963. The van der Waals surface area contributed by atoms with E-state index in [0.29, 0.717) is 4.48 Å². The Morgan fingerprint density at radius 3 is 2.30 bits per heavy atom. The first-order valence-corrected chi connectivity index (χ1v) is 11.9. The van der Waals surface area contributed by atoms with Crippen LogP contribution in [0, 0.1) is 0 Å². The van der Waals surface area contributed by atoms with Crippen molar-refractivity contribution in [3.8, 4) is 5.75 Å². The normalized spacial score (nSPS) is 21.5. The minimum atomic E-state index is -1.75. The maximum absolute atomic E-state index is 12.6. The third-order valence-corrected chi connectivity index (χ3v) is 6.74. The van der Waals surface area contributed by atoms with Crippen LogP contribution >= 0.6 is 15.9 Å². The molecule has 0 amide bonds. The van der Waals surface area contributed by atoms with E-state index >= 15 is 0 Å². The van der Waals surface area contributed by atoms with Gasteiger partial charge in [-0.3, -0.25) is 4.79 Å². The molecule has 0 aromatic heterocycles. The predicted molar refractivity (Wildman–Crippen MR) is 103 cm³/mol. The van der Waals surface area contributed by atoms with Gasteiger partial charge in [0.25, 0.3) is 0 Å². The summed E-state index contributed by atoms with van der Waals surface area (Å²) in [7, 11) is -0.0878. The second-order valence-corrected chi connectivity index (χ2v) is 12.8. The first-order chi connectivity index (χ1) is 10.7. The van der Waals surface area contributed by atoms with Gasteiger partial charge < -0.3 is 4.74 Å². The van der Waals surface area contributed by atoms with Crippen molar-refractivity contribution in [2.45, 2.75) is 31.5 Å². The van der Waals surface area contributed by atoms with E-state index in [1.165, 1.54) is 0 Å². The monoisotopic (exact) mass is 390 g/mol. The topological polar surface area (TPSA) is 26.3 Å². The van der Waals surface area contributed by atoms with Crippen LogP contribution in [-0.4, -0.2) is 21.0 Å². The van der Waals surface area contributed by atoms with Gasteiger partial charge in [0, 0.05) is 5.41 Å². The standard InChI is InChI=1S/C19H23BrO2Si/c1-6-11-19(14-7-9-15(22-2)10-8-14)12-16(20)18(21)17(13-19)23(3,4)5/h6-10,12-13H,1,11H2,2-5H3. The molecule has 1 aliphatic rings. The van der Waals surface area contributed by atoms with E-state index in [1.807, 2.05) is 24.3 Å². The number of ether oxygens (including phenoxy) is 1. The van der Waals surface area contributed by atoms with E-state index in [9.17, 15) is 4.79 Å². The Labute approximate surface area is 148 Å². The molecule has 0 bridgehead atoms. The summed E-state index contributed by atoms with van der Waals surface area (Å²) in [6, 6.07) is 8.04. The van der Waals surface area contributed by atoms with Crippen LogP contribution in [0.1, 0.15) is 12.0 Å². The van der Waals surface area contributed by atoms with Crippen LogP contribution in [0.2, 0.25) is 19.6 Å². The van der Waals surface area contributed by atoms with E-state index < -0.39 is 8.07 Å². The van der Waals surface area contributed by atoms with Crippen molar-refractivity contribution in [1.82, 2.24) is 0 Å². The molecule has 23 heavy (non-hydrogen) atoms. The first-order valence-electron chi connectivity index (χ1n) is 7.65. The molecule has 1 unspecified atom stereocenters. The smallest absolute Gasteiger partial charge is 0.191 e. The lowest BCUT2D eigenvalue weighted by Gasteiger charge is -2.35. The summed E-state index contributed by atoms with van der Waals surface area (Å²) in [6.45, 7) is 10.5. The fraction of sp³-hybridized carbons (Fsp3) is 0.316. The minimum Gasteiger partial charge on any atom is -0.497 e. The third-order valence-electron chi connectivity index (χ3n) is 4.17. The Kier molecular flexibility index (Phi) is 5.16. The van der Waals surface area contributed by atoms with Crippen molar-refractivity contribution in [2.75, 3.05) is 7.11 Å². The lowest BCUT2D eigenvalue weighted by Crippen LogP contribution is -2.36. The molecule has 0 spiro atoms. The lowest BCUT2D eigenvalue weighted by molar-refractivity contribution is -0.111. The van der Waals surface area contributed by atoms with Gasteiger partial charge in [-0.15, -0.1) is 6.58 Å². The Bertz CT molecular complexity index is 680. The molecule has 0 saturated heterocycles. The van der Waals surface area contributed by atoms with Crippen LogP contribution in [0.25, 0.3) is 0 Å². The summed E-state index contributed by atoms with van der Waals surface area (Å²) in [5.41, 5.74) is 0.800. The quantitative estimate of drug-likeness (QED) is 0.511. The number of hydrogen-bond donors (Lipinski definition) is 0. The Balaban J connectivity index is 2.64.